The van der Waals surface area contributed by atoms with E-state index in [0.717, 1.165) is 19.7 Å². The molecule has 2 saturated heterocycles. The smallest absolute Gasteiger partial charge is 0.230 e. The van der Waals surface area contributed by atoms with Crippen LogP contribution >= 0.6 is 0 Å². The zero-order valence-electron chi connectivity index (χ0n) is 11.1. The van der Waals surface area contributed by atoms with E-state index in [-0.39, 0.29) is 18.1 Å². The molecule has 6 nitrogen and oxygen atoms in total. The number of ether oxygens (including phenoxy) is 2. The maximum absolute atomic E-state index is 12.2. The first kappa shape index (κ1) is 13.7. The molecule has 0 aromatic heterocycles. The van der Waals surface area contributed by atoms with E-state index in [0.29, 0.717) is 19.8 Å². The van der Waals surface area contributed by atoms with Crippen LogP contribution in [0.1, 0.15) is 6.92 Å². The van der Waals surface area contributed by atoms with Crippen molar-refractivity contribution in [3.05, 3.63) is 0 Å². The number of carbonyl (C=O) groups is 1. The van der Waals surface area contributed by atoms with Crippen molar-refractivity contribution in [1.29, 1.82) is 0 Å². The van der Waals surface area contributed by atoms with Crippen LogP contribution in [0.4, 0.5) is 0 Å². The summed E-state index contributed by atoms with van der Waals surface area (Å²) in [5.41, 5.74) is 5.31. The Morgan fingerprint density at radius 3 is 3.00 bits per heavy atom. The molecule has 2 fully saturated rings. The second kappa shape index (κ2) is 5.52. The first-order valence-corrected chi connectivity index (χ1v) is 6.44. The molecule has 1 amide bonds. The monoisotopic (exact) mass is 257 g/mol. The highest BCUT2D eigenvalue weighted by Crippen LogP contribution is 2.27. The van der Waals surface area contributed by atoms with E-state index in [1.165, 1.54) is 0 Å². The van der Waals surface area contributed by atoms with Crippen molar-refractivity contribution in [3.63, 3.8) is 0 Å². The second-order valence-electron chi connectivity index (χ2n) is 5.50. The van der Waals surface area contributed by atoms with Gasteiger partial charge in [-0.15, -0.1) is 0 Å². The fraction of sp³-hybridized carbons (Fsp3) is 0.917. The molecule has 104 valence electrons. The van der Waals surface area contributed by atoms with Crippen LogP contribution in [0.3, 0.4) is 0 Å². The first-order valence-electron chi connectivity index (χ1n) is 6.44. The molecule has 2 rings (SSSR count). The molecule has 0 bridgehead atoms. The molecule has 3 atom stereocenters. The molecule has 2 aliphatic heterocycles. The minimum atomic E-state index is -0.611. The number of rotatable bonds is 3. The van der Waals surface area contributed by atoms with Gasteiger partial charge in [-0.3, -0.25) is 4.79 Å². The average molecular weight is 257 g/mol. The zero-order chi connectivity index (χ0) is 13.2. The van der Waals surface area contributed by atoms with Crippen LogP contribution < -0.4 is 11.1 Å². The third kappa shape index (κ3) is 2.83. The number of nitrogens with two attached hydrogens (primary N) is 1. The molecule has 2 heterocycles. The van der Waals surface area contributed by atoms with E-state index in [2.05, 4.69) is 17.3 Å². The van der Waals surface area contributed by atoms with Gasteiger partial charge in [0.15, 0.2) is 0 Å². The van der Waals surface area contributed by atoms with Crippen molar-refractivity contribution in [1.82, 2.24) is 10.2 Å². The van der Waals surface area contributed by atoms with E-state index in [4.69, 9.17) is 15.2 Å². The predicted octanol–water partition coefficient (Wildman–Crippen LogP) is -1.20. The summed E-state index contributed by atoms with van der Waals surface area (Å²) in [5.74, 6) is -0.0377. The minimum absolute atomic E-state index is 0.0377. The maximum atomic E-state index is 12.2. The van der Waals surface area contributed by atoms with Crippen LogP contribution in [0.2, 0.25) is 0 Å². The Morgan fingerprint density at radius 1 is 1.61 bits per heavy atom. The molecule has 0 spiro atoms. The topological polar surface area (TPSA) is 76.8 Å². The third-order valence-electron chi connectivity index (χ3n) is 3.87. The van der Waals surface area contributed by atoms with E-state index < -0.39 is 5.41 Å². The Morgan fingerprint density at radius 2 is 2.39 bits per heavy atom. The standard InChI is InChI=1S/C12H23N3O3/c1-12(8-17-7-10(12)13)11(16)14-5-9-6-15(2)3-4-18-9/h9-10H,3-8,13H2,1-2H3,(H,14,16). The second-order valence-corrected chi connectivity index (χ2v) is 5.50. The Balaban J connectivity index is 1.81. The highest BCUT2D eigenvalue weighted by Gasteiger charge is 2.44. The van der Waals surface area contributed by atoms with Gasteiger partial charge in [0.2, 0.25) is 5.91 Å². The molecule has 6 heteroatoms. The third-order valence-corrected chi connectivity index (χ3v) is 3.87. The predicted molar refractivity (Wildman–Crippen MR) is 67.1 cm³/mol. The van der Waals surface area contributed by atoms with Crippen LogP contribution in [0, 0.1) is 5.41 Å². The highest BCUT2D eigenvalue weighted by molar-refractivity contribution is 5.83. The Bertz CT molecular complexity index is 313. The summed E-state index contributed by atoms with van der Waals surface area (Å²) in [6.45, 7) is 5.74. The number of carbonyl (C=O) groups excluding carboxylic acids is 1. The maximum Gasteiger partial charge on any atom is 0.230 e. The molecule has 0 aromatic carbocycles. The van der Waals surface area contributed by atoms with Crippen molar-refractivity contribution in [2.45, 2.75) is 19.1 Å². The van der Waals surface area contributed by atoms with Crippen LogP contribution in [-0.4, -0.2) is 69.5 Å². The fourth-order valence-corrected chi connectivity index (χ4v) is 2.32. The molecule has 3 N–H and O–H groups in total. The van der Waals surface area contributed by atoms with Crippen molar-refractivity contribution in [3.8, 4) is 0 Å². The van der Waals surface area contributed by atoms with Gasteiger partial charge < -0.3 is 25.4 Å². The van der Waals surface area contributed by atoms with Gasteiger partial charge in [0.1, 0.15) is 0 Å². The summed E-state index contributed by atoms with van der Waals surface area (Å²) in [7, 11) is 2.05. The summed E-state index contributed by atoms with van der Waals surface area (Å²) in [5, 5.41) is 2.94. The van der Waals surface area contributed by atoms with Crippen LogP contribution in [0.5, 0.6) is 0 Å². The lowest BCUT2D eigenvalue weighted by atomic mass is 9.85. The summed E-state index contributed by atoms with van der Waals surface area (Å²) in [6, 6.07) is -0.229. The number of hydrogen-bond acceptors (Lipinski definition) is 5. The lowest BCUT2D eigenvalue weighted by Crippen LogP contribution is -2.53. The number of likely N-dealkylation sites (N-methyl/N-ethyl adjacent to an activating group) is 1. The quantitative estimate of drug-likeness (QED) is 0.664. The largest absolute Gasteiger partial charge is 0.379 e. The normalized spacial score (nSPS) is 37.7. The Kier molecular flexibility index (Phi) is 4.21. The molecule has 0 radical (unpaired) electrons. The SMILES string of the molecule is CN1CCOC(CNC(=O)C2(C)COCC2N)C1. The van der Waals surface area contributed by atoms with Gasteiger partial charge in [0, 0.05) is 25.7 Å². The number of hydrogen-bond donors (Lipinski definition) is 2. The van der Waals surface area contributed by atoms with Gasteiger partial charge in [-0.25, -0.2) is 0 Å². The van der Waals surface area contributed by atoms with Gasteiger partial charge in [0.05, 0.1) is 31.3 Å². The zero-order valence-corrected chi connectivity index (χ0v) is 11.1. The van der Waals surface area contributed by atoms with Crippen molar-refractivity contribution >= 4 is 5.91 Å². The number of nitrogens with zero attached hydrogens (tertiary/aromatic N) is 1. The van der Waals surface area contributed by atoms with Gasteiger partial charge in [-0.05, 0) is 14.0 Å². The summed E-state index contributed by atoms with van der Waals surface area (Å²) < 4.78 is 10.9. The van der Waals surface area contributed by atoms with Gasteiger partial charge in [-0.2, -0.15) is 0 Å². The van der Waals surface area contributed by atoms with Crippen LogP contribution in [-0.2, 0) is 14.3 Å². The molecule has 2 aliphatic rings. The number of nitrogens with one attached hydrogen (secondary N) is 1. The van der Waals surface area contributed by atoms with Gasteiger partial charge in [-0.1, -0.05) is 0 Å². The molecular weight excluding hydrogens is 234 g/mol. The van der Waals surface area contributed by atoms with Gasteiger partial charge in [0.25, 0.3) is 0 Å². The number of morpholine rings is 1. The van der Waals surface area contributed by atoms with Crippen LogP contribution in [0.25, 0.3) is 0 Å². The molecule has 0 aliphatic carbocycles. The summed E-state index contributed by atoms with van der Waals surface area (Å²) in [6.07, 6.45) is 0.0647. The number of amides is 1. The minimum Gasteiger partial charge on any atom is -0.379 e. The van der Waals surface area contributed by atoms with Gasteiger partial charge >= 0.3 is 0 Å². The van der Waals surface area contributed by atoms with E-state index in [1.54, 1.807) is 0 Å². The molecule has 0 aromatic rings. The van der Waals surface area contributed by atoms with E-state index in [1.807, 2.05) is 6.92 Å². The lowest BCUT2D eigenvalue weighted by Gasteiger charge is -2.31. The van der Waals surface area contributed by atoms with Crippen molar-refractivity contribution in [2.24, 2.45) is 11.1 Å². The Hall–Kier alpha value is -0.690. The van der Waals surface area contributed by atoms with E-state index >= 15 is 0 Å². The average Bonchev–Trinajstić information content (AvgIpc) is 2.68. The fourth-order valence-electron chi connectivity index (χ4n) is 2.32. The highest BCUT2D eigenvalue weighted by atomic mass is 16.5. The lowest BCUT2D eigenvalue weighted by molar-refractivity contribution is -0.131. The molecule has 3 unspecified atom stereocenters. The van der Waals surface area contributed by atoms with Crippen molar-refractivity contribution in [2.75, 3.05) is 46.5 Å². The molecule has 0 saturated carbocycles. The summed E-state index contributed by atoms with van der Waals surface area (Å²) >= 11 is 0. The summed E-state index contributed by atoms with van der Waals surface area (Å²) in [4.78, 5) is 14.4. The van der Waals surface area contributed by atoms with Crippen LogP contribution in [0.15, 0.2) is 0 Å². The first-order chi connectivity index (χ1) is 8.52. The van der Waals surface area contributed by atoms with Crippen molar-refractivity contribution < 1.29 is 14.3 Å². The van der Waals surface area contributed by atoms with E-state index in [9.17, 15) is 4.79 Å². The molecular formula is C12H23N3O3. The molecule has 18 heavy (non-hydrogen) atoms. The Labute approximate surface area is 108 Å².